The summed E-state index contributed by atoms with van der Waals surface area (Å²) in [5, 5.41) is 0.513. The van der Waals surface area contributed by atoms with Crippen molar-refractivity contribution in [3.05, 3.63) is 76.1 Å². The maximum Gasteiger partial charge on any atom is 0.386 e. The van der Waals surface area contributed by atoms with Crippen molar-refractivity contribution >= 4 is 22.6 Å². The summed E-state index contributed by atoms with van der Waals surface area (Å²) in [7, 11) is 0. The molecule has 0 radical (unpaired) electrons. The van der Waals surface area contributed by atoms with Gasteiger partial charge in [-0.3, -0.25) is 0 Å². The molecule has 6 heteroatoms. The van der Waals surface area contributed by atoms with Crippen molar-refractivity contribution in [3.63, 3.8) is 0 Å². The topological polar surface area (TPSA) is 59.8 Å². The van der Waals surface area contributed by atoms with E-state index in [2.05, 4.69) is 9.84 Å². The van der Waals surface area contributed by atoms with E-state index in [0.29, 0.717) is 17.5 Å². The van der Waals surface area contributed by atoms with Crippen LogP contribution < -0.4 is 10.5 Å². The van der Waals surface area contributed by atoms with E-state index < -0.39 is 17.2 Å². The van der Waals surface area contributed by atoms with Crippen LogP contribution in [0.15, 0.2) is 63.8 Å². The summed E-state index contributed by atoms with van der Waals surface area (Å²) < 4.78 is 17.2. The van der Waals surface area contributed by atoms with Crippen molar-refractivity contribution in [1.29, 1.82) is 0 Å². The molecule has 0 fully saturated rings. The lowest BCUT2D eigenvalue weighted by atomic mass is 10.1. The fourth-order valence-electron chi connectivity index (χ4n) is 2.67. The Morgan fingerprint density at radius 1 is 1.16 bits per heavy atom. The molecule has 0 unspecified atom stereocenters. The van der Waals surface area contributed by atoms with Gasteiger partial charge >= 0.3 is 11.6 Å². The number of hydrogen-bond acceptors (Lipinski definition) is 5. The zero-order valence-electron chi connectivity index (χ0n) is 13.6. The number of carbonyl (C=O) groups excluding carboxylic acids is 1. The molecule has 2 aromatic carbocycles. The van der Waals surface area contributed by atoms with Crippen LogP contribution in [0.1, 0.15) is 22.8 Å². The van der Waals surface area contributed by atoms with Crippen LogP contribution in [0.25, 0.3) is 11.0 Å². The molecule has 1 heterocycles. The Morgan fingerprint density at radius 3 is 2.60 bits per heavy atom. The maximum atomic E-state index is 12.0. The van der Waals surface area contributed by atoms with Gasteiger partial charge in [0.25, 0.3) is 0 Å². The molecule has 0 atom stereocenters. The van der Waals surface area contributed by atoms with Crippen molar-refractivity contribution in [3.8, 4) is 0 Å². The van der Waals surface area contributed by atoms with E-state index in [-0.39, 0.29) is 0 Å². The molecule has 0 aliphatic rings. The lowest BCUT2D eigenvalue weighted by molar-refractivity contribution is -0.0791. The summed E-state index contributed by atoms with van der Waals surface area (Å²) in [6.07, 6.45) is 0. The summed E-state index contributed by atoms with van der Waals surface area (Å²) in [5.74, 6) is -1.36. The summed E-state index contributed by atoms with van der Waals surface area (Å²) in [6.45, 7) is 3.50. The number of rotatable bonds is 5. The van der Waals surface area contributed by atoms with E-state index in [9.17, 15) is 14.1 Å². The van der Waals surface area contributed by atoms with Gasteiger partial charge in [0.1, 0.15) is 11.1 Å². The van der Waals surface area contributed by atoms with Gasteiger partial charge < -0.3 is 9.32 Å². The average Bonchev–Trinajstić information content (AvgIpc) is 2.65. The fraction of sp³-hybridized carbons (Fsp3) is 0.158. The standard InChI is InChI=1S/C19H16FNO4/c1-2-21(12-13-6-4-3-5-7-13)15-9-8-14-10-16(19(23)25-20)18(22)24-17(14)11-15/h3-11H,2,12H2,1H3. The van der Waals surface area contributed by atoms with Crippen LogP contribution in [0.5, 0.6) is 0 Å². The highest BCUT2D eigenvalue weighted by molar-refractivity contribution is 5.93. The lowest BCUT2D eigenvalue weighted by Gasteiger charge is -2.23. The van der Waals surface area contributed by atoms with Gasteiger partial charge in [-0.25, -0.2) is 14.5 Å². The summed E-state index contributed by atoms with van der Waals surface area (Å²) in [5.41, 5.74) is 0.956. The van der Waals surface area contributed by atoms with Crippen LogP contribution in [0.2, 0.25) is 0 Å². The van der Waals surface area contributed by atoms with Gasteiger partial charge in [0.05, 0.1) is 0 Å². The molecule has 0 saturated heterocycles. The first-order valence-corrected chi connectivity index (χ1v) is 7.82. The van der Waals surface area contributed by atoms with E-state index >= 15 is 0 Å². The minimum atomic E-state index is -1.36. The molecule has 0 aliphatic carbocycles. The predicted molar refractivity (Wildman–Crippen MR) is 92.2 cm³/mol. The number of benzene rings is 2. The third-order valence-electron chi connectivity index (χ3n) is 3.97. The maximum absolute atomic E-state index is 12.0. The van der Waals surface area contributed by atoms with Crippen molar-refractivity contribution in [2.75, 3.05) is 11.4 Å². The minimum Gasteiger partial charge on any atom is -0.422 e. The third kappa shape index (κ3) is 3.52. The lowest BCUT2D eigenvalue weighted by Crippen LogP contribution is -2.22. The molecule has 0 bridgehead atoms. The van der Waals surface area contributed by atoms with Crippen molar-refractivity contribution in [1.82, 2.24) is 0 Å². The Morgan fingerprint density at radius 2 is 1.92 bits per heavy atom. The largest absolute Gasteiger partial charge is 0.422 e. The number of carbonyl (C=O) groups is 1. The second kappa shape index (κ2) is 7.17. The second-order valence-corrected chi connectivity index (χ2v) is 5.53. The van der Waals surface area contributed by atoms with Gasteiger partial charge in [-0.05, 0) is 30.7 Å². The number of hydrogen-bond donors (Lipinski definition) is 0. The van der Waals surface area contributed by atoms with Gasteiger partial charge in [0, 0.05) is 34.8 Å². The van der Waals surface area contributed by atoms with E-state index in [4.69, 9.17) is 4.42 Å². The molecular formula is C19H16FNO4. The molecule has 3 aromatic rings. The molecule has 0 amide bonds. The molecule has 3 rings (SSSR count). The molecule has 128 valence electrons. The molecule has 0 saturated carbocycles. The molecular weight excluding hydrogens is 325 g/mol. The normalized spacial score (nSPS) is 10.6. The predicted octanol–water partition coefficient (Wildman–Crippen LogP) is 3.86. The number of anilines is 1. The van der Waals surface area contributed by atoms with Crippen molar-refractivity contribution in [2.24, 2.45) is 0 Å². The Bertz CT molecular complexity index is 953. The summed E-state index contributed by atoms with van der Waals surface area (Å²) in [4.78, 5) is 28.3. The fourth-order valence-corrected chi connectivity index (χ4v) is 2.67. The number of nitrogens with zero attached hydrogens (tertiary/aromatic N) is 1. The highest BCUT2D eigenvalue weighted by Gasteiger charge is 2.16. The quantitative estimate of drug-likeness (QED) is 0.660. The Balaban J connectivity index is 1.97. The Kier molecular flexibility index (Phi) is 4.79. The second-order valence-electron chi connectivity index (χ2n) is 5.53. The molecule has 0 spiro atoms. The third-order valence-corrected chi connectivity index (χ3v) is 3.97. The summed E-state index contributed by atoms with van der Waals surface area (Å²) in [6, 6.07) is 16.6. The van der Waals surface area contributed by atoms with Gasteiger partial charge in [0.15, 0.2) is 0 Å². The van der Waals surface area contributed by atoms with E-state index in [1.165, 1.54) is 6.07 Å². The van der Waals surface area contributed by atoms with Crippen molar-refractivity contribution < 1.29 is 18.7 Å². The molecule has 5 nitrogen and oxygen atoms in total. The van der Waals surface area contributed by atoms with Gasteiger partial charge in [-0.2, -0.15) is 0 Å². The highest BCUT2D eigenvalue weighted by Crippen LogP contribution is 2.23. The number of halogens is 1. The van der Waals surface area contributed by atoms with Gasteiger partial charge in [-0.1, -0.05) is 30.3 Å². The Hall–Kier alpha value is -3.15. The van der Waals surface area contributed by atoms with Crippen LogP contribution in [-0.4, -0.2) is 12.5 Å². The smallest absolute Gasteiger partial charge is 0.386 e. The molecule has 0 aliphatic heterocycles. The highest BCUT2D eigenvalue weighted by atomic mass is 19.3. The zero-order valence-corrected chi connectivity index (χ0v) is 13.6. The van der Waals surface area contributed by atoms with Crippen LogP contribution in [-0.2, 0) is 11.5 Å². The zero-order chi connectivity index (χ0) is 17.8. The van der Waals surface area contributed by atoms with E-state index in [1.807, 2.05) is 43.3 Å². The Labute approximate surface area is 143 Å². The minimum absolute atomic E-state index is 0.324. The average molecular weight is 341 g/mol. The van der Waals surface area contributed by atoms with Crippen LogP contribution in [0.3, 0.4) is 0 Å². The van der Waals surface area contributed by atoms with Crippen LogP contribution in [0.4, 0.5) is 10.2 Å². The van der Waals surface area contributed by atoms with E-state index in [0.717, 1.165) is 17.8 Å². The van der Waals surface area contributed by atoms with Gasteiger partial charge in [-0.15, -0.1) is 0 Å². The summed E-state index contributed by atoms with van der Waals surface area (Å²) >= 11 is 0. The van der Waals surface area contributed by atoms with Crippen molar-refractivity contribution in [2.45, 2.75) is 13.5 Å². The SMILES string of the molecule is CCN(Cc1ccccc1)c1ccc2cc(C(=O)OF)c(=O)oc2c1. The van der Waals surface area contributed by atoms with E-state index in [1.54, 1.807) is 12.1 Å². The first kappa shape index (κ1) is 16.7. The van der Waals surface area contributed by atoms with Gasteiger partial charge in [0.2, 0.25) is 0 Å². The molecule has 0 N–H and O–H groups in total. The first-order valence-electron chi connectivity index (χ1n) is 7.82. The first-order chi connectivity index (χ1) is 12.1. The molecule has 25 heavy (non-hydrogen) atoms. The van der Waals surface area contributed by atoms with Crippen LogP contribution in [0, 0.1) is 0 Å². The molecule has 1 aromatic heterocycles. The van der Waals surface area contributed by atoms with Crippen LogP contribution >= 0.6 is 0 Å². The number of fused-ring (bicyclic) bond motifs is 1. The monoisotopic (exact) mass is 341 g/mol.